The van der Waals surface area contributed by atoms with Crippen LogP contribution in [-0.2, 0) is 4.74 Å². The van der Waals surface area contributed by atoms with Crippen molar-refractivity contribution >= 4 is 21.9 Å². The van der Waals surface area contributed by atoms with Gasteiger partial charge in [0.25, 0.3) is 5.89 Å². The summed E-state index contributed by atoms with van der Waals surface area (Å²) in [5.41, 5.74) is 0.581. The molecule has 0 fully saturated rings. The van der Waals surface area contributed by atoms with E-state index in [0.717, 1.165) is 0 Å². The average molecular weight is 273 g/mol. The first-order valence-electron chi connectivity index (χ1n) is 3.87. The first-order chi connectivity index (χ1) is 7.22. The Labute approximate surface area is 92.4 Å². The number of esters is 1. The molecule has 0 N–H and O–H groups in total. The predicted octanol–water partition coefficient (Wildman–Crippen LogP) is 1.88. The molecule has 0 radical (unpaired) electrons. The highest BCUT2D eigenvalue weighted by molar-refractivity contribution is 9.10. The molecule has 0 aliphatic carbocycles. The van der Waals surface area contributed by atoms with Crippen LogP contribution in [-0.4, -0.2) is 23.3 Å². The highest BCUT2D eigenvalue weighted by atomic mass is 79.9. The minimum atomic E-state index is -0.673. The summed E-state index contributed by atoms with van der Waals surface area (Å²) in [5.74, 6) is -0.676. The first kappa shape index (κ1) is 9.91. The molecule has 15 heavy (non-hydrogen) atoms. The maximum absolute atomic E-state index is 11.0. The molecule has 6 nitrogen and oxygen atoms in total. The molecule has 2 aromatic heterocycles. The Kier molecular flexibility index (Phi) is 2.55. The maximum atomic E-state index is 11.0. The van der Waals surface area contributed by atoms with E-state index in [-0.39, 0.29) is 11.8 Å². The van der Waals surface area contributed by atoms with Crippen LogP contribution in [0.3, 0.4) is 0 Å². The maximum Gasteiger partial charge on any atom is 0.396 e. The van der Waals surface area contributed by atoms with Gasteiger partial charge in [-0.3, -0.25) is 0 Å². The number of methoxy groups -OCH3 is 1. The van der Waals surface area contributed by atoms with Crippen molar-refractivity contribution in [3.8, 4) is 11.5 Å². The van der Waals surface area contributed by atoms with E-state index >= 15 is 0 Å². The Morgan fingerprint density at radius 2 is 2.33 bits per heavy atom. The Hall–Kier alpha value is -1.63. The van der Waals surface area contributed by atoms with Crippen LogP contribution < -0.4 is 0 Å². The van der Waals surface area contributed by atoms with Gasteiger partial charge in [-0.25, -0.2) is 4.79 Å². The van der Waals surface area contributed by atoms with Crippen LogP contribution in [0, 0.1) is 0 Å². The molecular formula is C8H5BrN2O4. The molecule has 7 heteroatoms. The molecule has 0 bridgehead atoms. The van der Waals surface area contributed by atoms with Gasteiger partial charge < -0.3 is 13.6 Å². The Bertz CT molecular complexity index is 490. The molecule has 0 amide bonds. The largest absolute Gasteiger partial charge is 0.462 e. The molecule has 0 aliphatic rings. The van der Waals surface area contributed by atoms with Crippen LogP contribution in [0.4, 0.5) is 0 Å². The third-order valence-corrected chi connectivity index (χ3v) is 2.25. The zero-order chi connectivity index (χ0) is 10.8. The number of carbonyl (C=O) groups excluding carboxylic acids is 1. The number of hydrogen-bond donors (Lipinski definition) is 0. The lowest BCUT2D eigenvalue weighted by atomic mass is 10.3. The summed E-state index contributed by atoms with van der Waals surface area (Å²) in [6.45, 7) is 0. The van der Waals surface area contributed by atoms with Crippen molar-refractivity contribution in [1.82, 2.24) is 10.2 Å². The number of nitrogens with zero attached hydrogens (tertiary/aromatic N) is 2. The molecule has 0 spiro atoms. The highest BCUT2D eigenvalue weighted by Crippen LogP contribution is 2.27. The highest BCUT2D eigenvalue weighted by Gasteiger charge is 2.18. The second-order valence-electron chi connectivity index (χ2n) is 2.51. The lowest BCUT2D eigenvalue weighted by Crippen LogP contribution is -2.00. The number of ether oxygens (including phenoxy) is 1. The topological polar surface area (TPSA) is 78.4 Å². The van der Waals surface area contributed by atoms with Crippen molar-refractivity contribution in [1.29, 1.82) is 0 Å². The molecular weight excluding hydrogens is 268 g/mol. The van der Waals surface area contributed by atoms with Crippen molar-refractivity contribution in [2.75, 3.05) is 7.11 Å². The normalized spacial score (nSPS) is 10.3. The first-order valence-corrected chi connectivity index (χ1v) is 4.67. The molecule has 2 rings (SSSR count). The van der Waals surface area contributed by atoms with Crippen molar-refractivity contribution in [3.63, 3.8) is 0 Å². The van der Waals surface area contributed by atoms with Gasteiger partial charge in [-0.15, -0.1) is 10.2 Å². The van der Waals surface area contributed by atoms with E-state index in [1.807, 2.05) is 0 Å². The molecule has 0 saturated heterocycles. The smallest absolute Gasteiger partial charge is 0.396 e. The van der Waals surface area contributed by atoms with Gasteiger partial charge in [0.1, 0.15) is 0 Å². The Morgan fingerprint density at radius 3 is 2.93 bits per heavy atom. The summed E-state index contributed by atoms with van der Waals surface area (Å²) >= 11 is 3.16. The van der Waals surface area contributed by atoms with E-state index in [0.29, 0.717) is 10.2 Å². The molecule has 2 heterocycles. The minimum Gasteiger partial charge on any atom is -0.462 e. The van der Waals surface area contributed by atoms with Gasteiger partial charge in [-0.1, -0.05) is 0 Å². The second kappa shape index (κ2) is 3.85. The molecule has 0 saturated carbocycles. The fourth-order valence-corrected chi connectivity index (χ4v) is 1.36. The van der Waals surface area contributed by atoms with Crippen LogP contribution in [0.5, 0.6) is 0 Å². The lowest BCUT2D eigenvalue weighted by Gasteiger charge is -1.90. The standard InChI is InChI=1S/C8H5BrN2O4/c1-13-8(12)7-11-10-6(15-7)4-2-3-14-5(4)9/h2-3H,1H3. The number of carbonyl (C=O) groups is 1. The molecule has 0 aliphatic heterocycles. The second-order valence-corrected chi connectivity index (χ2v) is 3.23. The van der Waals surface area contributed by atoms with Crippen LogP contribution in [0.2, 0.25) is 0 Å². The van der Waals surface area contributed by atoms with Crippen LogP contribution in [0.15, 0.2) is 25.8 Å². The number of aromatic nitrogens is 2. The molecule has 2 aromatic rings. The van der Waals surface area contributed by atoms with E-state index in [2.05, 4.69) is 30.9 Å². The number of rotatable bonds is 2. The third kappa shape index (κ3) is 1.78. The summed E-state index contributed by atoms with van der Waals surface area (Å²) < 4.78 is 14.9. The van der Waals surface area contributed by atoms with Crippen molar-refractivity contribution in [2.24, 2.45) is 0 Å². The fraction of sp³-hybridized carbons (Fsp3) is 0.125. The lowest BCUT2D eigenvalue weighted by molar-refractivity contribution is 0.0556. The van der Waals surface area contributed by atoms with Gasteiger partial charge in [-0.05, 0) is 22.0 Å². The minimum absolute atomic E-state index is 0.191. The summed E-state index contributed by atoms with van der Waals surface area (Å²) in [4.78, 5) is 11.0. The van der Waals surface area contributed by atoms with E-state index in [9.17, 15) is 4.79 Å². The summed E-state index contributed by atoms with van der Waals surface area (Å²) in [6, 6.07) is 1.64. The summed E-state index contributed by atoms with van der Waals surface area (Å²) in [6.07, 6.45) is 1.46. The Balaban J connectivity index is 2.36. The van der Waals surface area contributed by atoms with Gasteiger partial charge >= 0.3 is 11.9 Å². The van der Waals surface area contributed by atoms with E-state index in [4.69, 9.17) is 8.83 Å². The van der Waals surface area contributed by atoms with Gasteiger partial charge in [0.2, 0.25) is 0 Å². The predicted molar refractivity (Wildman–Crippen MR) is 51.0 cm³/mol. The summed E-state index contributed by atoms with van der Waals surface area (Å²) in [5, 5.41) is 7.21. The van der Waals surface area contributed by atoms with Gasteiger partial charge in [-0.2, -0.15) is 0 Å². The average Bonchev–Trinajstić information content (AvgIpc) is 2.84. The van der Waals surface area contributed by atoms with Crippen molar-refractivity contribution < 1.29 is 18.4 Å². The summed E-state index contributed by atoms with van der Waals surface area (Å²) in [7, 11) is 1.24. The van der Waals surface area contributed by atoms with Crippen LogP contribution in [0.1, 0.15) is 10.7 Å². The van der Waals surface area contributed by atoms with E-state index in [1.165, 1.54) is 13.4 Å². The van der Waals surface area contributed by atoms with Gasteiger partial charge in [0, 0.05) is 0 Å². The van der Waals surface area contributed by atoms with Crippen molar-refractivity contribution in [3.05, 3.63) is 22.9 Å². The van der Waals surface area contributed by atoms with Gasteiger partial charge in [0.05, 0.1) is 18.9 Å². The molecule has 78 valence electrons. The number of furan rings is 1. The Morgan fingerprint density at radius 1 is 1.53 bits per heavy atom. The number of hydrogen-bond acceptors (Lipinski definition) is 6. The fourth-order valence-electron chi connectivity index (χ4n) is 0.948. The third-order valence-electron chi connectivity index (χ3n) is 1.63. The van der Waals surface area contributed by atoms with Crippen LogP contribution in [0.25, 0.3) is 11.5 Å². The van der Waals surface area contributed by atoms with E-state index in [1.54, 1.807) is 6.07 Å². The quantitative estimate of drug-likeness (QED) is 0.777. The van der Waals surface area contributed by atoms with E-state index < -0.39 is 5.97 Å². The number of halogens is 1. The molecule has 0 unspecified atom stereocenters. The van der Waals surface area contributed by atoms with Crippen molar-refractivity contribution in [2.45, 2.75) is 0 Å². The molecule has 0 aromatic carbocycles. The monoisotopic (exact) mass is 272 g/mol. The SMILES string of the molecule is COC(=O)c1nnc(-c2ccoc2Br)o1. The zero-order valence-corrected chi connectivity index (χ0v) is 9.15. The zero-order valence-electron chi connectivity index (χ0n) is 7.56. The molecule has 0 atom stereocenters. The van der Waals surface area contributed by atoms with Crippen LogP contribution >= 0.6 is 15.9 Å². The van der Waals surface area contributed by atoms with Gasteiger partial charge in [0.15, 0.2) is 4.67 Å².